The van der Waals surface area contributed by atoms with Gasteiger partial charge in [0.25, 0.3) is 0 Å². The number of hydrogen-bond donors (Lipinski definition) is 2. The van der Waals surface area contributed by atoms with E-state index in [1.165, 1.54) is 0 Å². The third-order valence-corrected chi connectivity index (χ3v) is 1.91. The molecule has 3 nitrogen and oxygen atoms in total. The minimum atomic E-state index is -4.25. The Morgan fingerprint density at radius 2 is 1.80 bits per heavy atom. The first-order valence-corrected chi connectivity index (χ1v) is 4.81. The number of aliphatic hydroxyl groups is 2. The fourth-order valence-electron chi connectivity index (χ4n) is 1.11. The standard InChI is InChI=1S/C9H17F3O3/c1-2-3-8(14,6-13)7-15-5-4-9(10,11)12/h13-14H,2-7H2,1H3. The summed E-state index contributed by atoms with van der Waals surface area (Å²) < 4.78 is 39.8. The number of hydrogen-bond acceptors (Lipinski definition) is 3. The van der Waals surface area contributed by atoms with E-state index in [0.717, 1.165) is 0 Å². The monoisotopic (exact) mass is 230 g/mol. The highest BCUT2D eigenvalue weighted by Crippen LogP contribution is 2.20. The van der Waals surface area contributed by atoms with Gasteiger partial charge in [-0.3, -0.25) is 0 Å². The van der Waals surface area contributed by atoms with Crippen LogP contribution in [0.3, 0.4) is 0 Å². The SMILES string of the molecule is CCCC(O)(CO)COCCC(F)(F)F. The molecule has 0 saturated heterocycles. The second-order valence-electron chi connectivity index (χ2n) is 3.55. The lowest BCUT2D eigenvalue weighted by Gasteiger charge is -2.25. The van der Waals surface area contributed by atoms with Crippen molar-refractivity contribution in [3.05, 3.63) is 0 Å². The van der Waals surface area contributed by atoms with Crippen molar-refractivity contribution in [2.24, 2.45) is 0 Å². The van der Waals surface area contributed by atoms with Gasteiger partial charge in [-0.15, -0.1) is 0 Å². The fourth-order valence-corrected chi connectivity index (χ4v) is 1.11. The zero-order valence-corrected chi connectivity index (χ0v) is 8.68. The van der Waals surface area contributed by atoms with Crippen LogP contribution in [0.4, 0.5) is 13.2 Å². The lowest BCUT2D eigenvalue weighted by molar-refractivity contribution is -0.153. The van der Waals surface area contributed by atoms with E-state index in [-0.39, 0.29) is 6.61 Å². The normalized spacial score (nSPS) is 16.4. The van der Waals surface area contributed by atoms with E-state index < -0.39 is 31.4 Å². The maximum Gasteiger partial charge on any atom is 0.391 e. The first-order valence-electron chi connectivity index (χ1n) is 4.81. The maximum atomic E-state index is 11.7. The van der Waals surface area contributed by atoms with E-state index in [2.05, 4.69) is 4.74 Å². The Kier molecular flexibility index (Phi) is 6.16. The van der Waals surface area contributed by atoms with Gasteiger partial charge in [0, 0.05) is 0 Å². The predicted octanol–water partition coefficient (Wildman–Crippen LogP) is 1.48. The van der Waals surface area contributed by atoms with Gasteiger partial charge in [0.1, 0.15) is 5.60 Å². The number of halogens is 3. The summed E-state index contributed by atoms with van der Waals surface area (Å²) in [6.07, 6.45) is -4.36. The zero-order valence-electron chi connectivity index (χ0n) is 8.68. The average molecular weight is 230 g/mol. The minimum absolute atomic E-state index is 0.270. The molecule has 0 bridgehead atoms. The Hall–Kier alpha value is -0.330. The third kappa shape index (κ3) is 7.58. The first kappa shape index (κ1) is 14.7. The average Bonchev–Trinajstić information content (AvgIpc) is 2.12. The van der Waals surface area contributed by atoms with Gasteiger partial charge in [-0.1, -0.05) is 13.3 Å². The summed E-state index contributed by atoms with van der Waals surface area (Å²) in [6, 6.07) is 0. The molecule has 0 aromatic rings. The molecule has 0 saturated carbocycles. The van der Waals surface area contributed by atoms with Crippen molar-refractivity contribution >= 4 is 0 Å². The smallest absolute Gasteiger partial charge is 0.391 e. The van der Waals surface area contributed by atoms with Crippen molar-refractivity contribution in [2.75, 3.05) is 19.8 Å². The van der Waals surface area contributed by atoms with Gasteiger partial charge >= 0.3 is 6.18 Å². The van der Waals surface area contributed by atoms with Crippen LogP contribution in [0.1, 0.15) is 26.2 Å². The van der Waals surface area contributed by atoms with Gasteiger partial charge in [0.2, 0.25) is 0 Å². The molecule has 0 aromatic heterocycles. The van der Waals surface area contributed by atoms with Crippen molar-refractivity contribution in [3.63, 3.8) is 0 Å². The molecule has 0 aliphatic rings. The summed E-state index contributed by atoms with van der Waals surface area (Å²) in [6.45, 7) is 0.534. The highest BCUT2D eigenvalue weighted by Gasteiger charge is 2.29. The largest absolute Gasteiger partial charge is 0.393 e. The molecule has 0 aromatic carbocycles. The van der Waals surface area contributed by atoms with Crippen LogP contribution in [-0.2, 0) is 4.74 Å². The van der Waals surface area contributed by atoms with Crippen molar-refractivity contribution < 1.29 is 28.1 Å². The minimum Gasteiger partial charge on any atom is -0.393 e. The Balaban J connectivity index is 3.73. The molecule has 0 fully saturated rings. The van der Waals surface area contributed by atoms with Crippen LogP contribution in [0.15, 0.2) is 0 Å². The Bertz CT molecular complexity index is 172. The lowest BCUT2D eigenvalue weighted by Crippen LogP contribution is -2.38. The van der Waals surface area contributed by atoms with Crippen LogP contribution in [0.2, 0.25) is 0 Å². The Morgan fingerprint density at radius 1 is 1.20 bits per heavy atom. The van der Waals surface area contributed by atoms with E-state index in [9.17, 15) is 18.3 Å². The Morgan fingerprint density at radius 3 is 2.20 bits per heavy atom. The molecular weight excluding hydrogens is 213 g/mol. The van der Waals surface area contributed by atoms with Gasteiger partial charge in [0.15, 0.2) is 0 Å². The molecule has 15 heavy (non-hydrogen) atoms. The molecular formula is C9H17F3O3. The van der Waals surface area contributed by atoms with Crippen LogP contribution < -0.4 is 0 Å². The molecule has 0 radical (unpaired) electrons. The summed E-state index contributed by atoms with van der Waals surface area (Å²) in [5.74, 6) is 0. The highest BCUT2D eigenvalue weighted by atomic mass is 19.4. The molecule has 1 unspecified atom stereocenters. The molecule has 0 aliphatic heterocycles. The quantitative estimate of drug-likeness (QED) is 0.651. The lowest BCUT2D eigenvalue weighted by atomic mass is 10.0. The first-order chi connectivity index (χ1) is 6.83. The van der Waals surface area contributed by atoms with Gasteiger partial charge in [-0.05, 0) is 6.42 Å². The number of aliphatic hydroxyl groups excluding tert-OH is 1. The molecule has 92 valence electrons. The summed E-state index contributed by atoms with van der Waals surface area (Å²) in [4.78, 5) is 0. The van der Waals surface area contributed by atoms with Crippen LogP contribution >= 0.6 is 0 Å². The summed E-state index contributed by atoms with van der Waals surface area (Å²) >= 11 is 0. The molecule has 6 heteroatoms. The van der Waals surface area contributed by atoms with E-state index >= 15 is 0 Å². The molecule has 0 spiro atoms. The summed E-state index contributed by atoms with van der Waals surface area (Å²) in [5.41, 5.74) is -1.42. The van der Waals surface area contributed by atoms with Gasteiger partial charge in [0.05, 0.1) is 26.2 Å². The van der Waals surface area contributed by atoms with Crippen molar-refractivity contribution in [1.29, 1.82) is 0 Å². The number of ether oxygens (including phenoxy) is 1. The molecule has 2 N–H and O–H groups in total. The fraction of sp³-hybridized carbons (Fsp3) is 1.00. The van der Waals surface area contributed by atoms with Crippen LogP contribution in [0.5, 0.6) is 0 Å². The van der Waals surface area contributed by atoms with E-state index in [1.807, 2.05) is 0 Å². The third-order valence-electron chi connectivity index (χ3n) is 1.91. The molecule has 0 amide bonds. The van der Waals surface area contributed by atoms with Crippen LogP contribution in [0, 0.1) is 0 Å². The zero-order chi connectivity index (χ0) is 11.9. The van der Waals surface area contributed by atoms with Gasteiger partial charge in [-0.25, -0.2) is 0 Å². The van der Waals surface area contributed by atoms with Crippen molar-refractivity contribution in [3.8, 4) is 0 Å². The number of rotatable bonds is 7. The molecule has 1 atom stereocenters. The Labute approximate surface area is 86.9 Å². The summed E-state index contributed by atoms with van der Waals surface area (Å²) in [5, 5.41) is 18.4. The highest BCUT2D eigenvalue weighted by molar-refractivity contribution is 4.76. The van der Waals surface area contributed by atoms with E-state index in [4.69, 9.17) is 5.11 Å². The van der Waals surface area contributed by atoms with Crippen molar-refractivity contribution in [2.45, 2.75) is 38.0 Å². The maximum absolute atomic E-state index is 11.7. The van der Waals surface area contributed by atoms with Gasteiger partial charge < -0.3 is 14.9 Å². The molecule has 0 heterocycles. The van der Waals surface area contributed by atoms with Crippen LogP contribution in [-0.4, -0.2) is 41.8 Å². The predicted molar refractivity (Wildman–Crippen MR) is 48.4 cm³/mol. The van der Waals surface area contributed by atoms with E-state index in [0.29, 0.717) is 12.8 Å². The van der Waals surface area contributed by atoms with Crippen molar-refractivity contribution in [1.82, 2.24) is 0 Å². The van der Waals surface area contributed by atoms with Crippen LogP contribution in [0.25, 0.3) is 0 Å². The molecule has 0 aliphatic carbocycles. The van der Waals surface area contributed by atoms with Gasteiger partial charge in [-0.2, -0.15) is 13.2 Å². The number of alkyl halides is 3. The topological polar surface area (TPSA) is 49.7 Å². The second-order valence-corrected chi connectivity index (χ2v) is 3.55. The summed E-state index contributed by atoms with van der Waals surface area (Å²) in [7, 11) is 0. The second kappa shape index (κ2) is 6.30. The molecule has 0 rings (SSSR count). The van der Waals surface area contributed by atoms with E-state index in [1.54, 1.807) is 6.92 Å².